The van der Waals surface area contributed by atoms with E-state index in [4.69, 9.17) is 0 Å². The third-order valence-electron chi connectivity index (χ3n) is 4.31. The van der Waals surface area contributed by atoms with E-state index in [1.54, 1.807) is 12.3 Å². The lowest BCUT2D eigenvalue weighted by Gasteiger charge is -2.35. The summed E-state index contributed by atoms with van der Waals surface area (Å²) in [5.41, 5.74) is 1.67. The van der Waals surface area contributed by atoms with Crippen molar-refractivity contribution in [2.45, 2.75) is 12.6 Å². The molecule has 26 heavy (non-hydrogen) atoms. The van der Waals surface area contributed by atoms with Gasteiger partial charge in [-0.2, -0.15) is 13.2 Å². The van der Waals surface area contributed by atoms with Crippen molar-refractivity contribution < 1.29 is 22.7 Å². The van der Waals surface area contributed by atoms with Gasteiger partial charge in [0.25, 0.3) is 0 Å². The highest BCUT2D eigenvalue weighted by atomic mass is 19.4. The maximum Gasteiger partial charge on any atom is 0.416 e. The smallest absolute Gasteiger partial charge is 0.416 e. The molecule has 2 aromatic rings. The van der Waals surface area contributed by atoms with E-state index < -0.39 is 17.8 Å². The monoisotopic (exact) mass is 365 g/mol. The van der Waals surface area contributed by atoms with Gasteiger partial charge in [0.15, 0.2) is 0 Å². The lowest BCUT2D eigenvalue weighted by molar-refractivity contribution is -0.137. The first-order valence-electron chi connectivity index (χ1n) is 8.09. The Morgan fingerprint density at radius 1 is 1.31 bits per heavy atom. The molecule has 0 radical (unpaired) electrons. The molecule has 8 heteroatoms. The van der Waals surface area contributed by atoms with E-state index in [0.29, 0.717) is 25.2 Å². The summed E-state index contributed by atoms with van der Waals surface area (Å²) in [6, 6.07) is 8.74. The molecular formula is C18H18F3N3O2. The van der Waals surface area contributed by atoms with Gasteiger partial charge in [-0.15, -0.1) is 0 Å². The highest BCUT2D eigenvalue weighted by Crippen LogP contribution is 2.36. The highest BCUT2D eigenvalue weighted by molar-refractivity contribution is 5.68. The number of alkyl carbamates (subject to hydrolysis) is 1. The van der Waals surface area contributed by atoms with Crippen molar-refractivity contribution in [3.05, 3.63) is 53.9 Å². The van der Waals surface area contributed by atoms with Gasteiger partial charge in [-0.05, 0) is 48.7 Å². The molecule has 1 aromatic carbocycles. The van der Waals surface area contributed by atoms with E-state index in [9.17, 15) is 18.0 Å². The minimum Gasteiger partial charge on any atom is -0.453 e. The van der Waals surface area contributed by atoms with Crippen LogP contribution in [0.4, 0.5) is 29.3 Å². The van der Waals surface area contributed by atoms with Crippen LogP contribution in [0.3, 0.4) is 0 Å². The lowest BCUT2D eigenvalue weighted by Crippen LogP contribution is -2.39. The van der Waals surface area contributed by atoms with Crippen molar-refractivity contribution in [1.82, 2.24) is 10.3 Å². The largest absolute Gasteiger partial charge is 0.453 e. The van der Waals surface area contributed by atoms with Gasteiger partial charge in [0.1, 0.15) is 0 Å². The summed E-state index contributed by atoms with van der Waals surface area (Å²) in [5, 5.41) is 2.67. The van der Waals surface area contributed by atoms with Crippen LogP contribution in [0, 0.1) is 5.92 Å². The molecule has 138 valence electrons. The summed E-state index contributed by atoms with van der Waals surface area (Å²) in [6.45, 7) is 0.938. The number of pyridine rings is 1. The van der Waals surface area contributed by atoms with Gasteiger partial charge < -0.3 is 15.0 Å². The molecule has 1 N–H and O–H groups in total. The van der Waals surface area contributed by atoms with Crippen molar-refractivity contribution in [2.75, 3.05) is 25.1 Å². The minimum absolute atomic E-state index is 0.0544. The number of rotatable bonds is 3. The zero-order valence-corrected chi connectivity index (χ0v) is 14.1. The zero-order valence-electron chi connectivity index (χ0n) is 14.1. The molecule has 1 aromatic heterocycles. The number of alkyl halides is 3. The number of carbonyl (C=O) groups is 1. The third kappa shape index (κ3) is 3.89. The number of aromatic nitrogens is 1. The van der Waals surface area contributed by atoms with Gasteiger partial charge in [0, 0.05) is 25.0 Å². The van der Waals surface area contributed by atoms with Gasteiger partial charge in [0.05, 0.1) is 24.1 Å². The zero-order chi connectivity index (χ0) is 18.7. The molecule has 3 rings (SSSR count). The third-order valence-corrected chi connectivity index (χ3v) is 4.31. The SMILES string of the molecule is COC(=O)NC[C@H]1Cc2ncccc2N(c2ccc(C(F)(F)F)cc2)C1. The van der Waals surface area contributed by atoms with Crippen molar-refractivity contribution in [1.29, 1.82) is 0 Å². The molecule has 0 unspecified atom stereocenters. The number of carbonyl (C=O) groups excluding carboxylic acids is 1. The Hall–Kier alpha value is -2.77. The van der Waals surface area contributed by atoms with E-state index in [1.165, 1.54) is 19.2 Å². The van der Waals surface area contributed by atoms with Gasteiger partial charge >= 0.3 is 12.3 Å². The molecule has 1 aliphatic heterocycles. The van der Waals surface area contributed by atoms with Crippen LogP contribution in [-0.2, 0) is 17.3 Å². The summed E-state index contributed by atoms with van der Waals surface area (Å²) >= 11 is 0. The summed E-state index contributed by atoms with van der Waals surface area (Å²) in [5.74, 6) is 0.0544. The standard InChI is InChI=1S/C18H18F3N3O2/c1-26-17(25)23-10-12-9-15-16(3-2-8-22-15)24(11-12)14-6-4-13(5-7-14)18(19,20)21/h2-8,12H,9-11H2,1H3,(H,23,25)/t12-/m1/s1. The summed E-state index contributed by atoms with van der Waals surface area (Å²) in [6.07, 6.45) is -2.54. The second-order valence-electron chi connectivity index (χ2n) is 6.07. The van der Waals surface area contributed by atoms with Crippen molar-refractivity contribution >= 4 is 17.5 Å². The summed E-state index contributed by atoms with van der Waals surface area (Å²) in [7, 11) is 1.29. The molecular weight excluding hydrogens is 347 g/mol. The fraction of sp³-hybridized carbons (Fsp3) is 0.333. The van der Waals surface area contributed by atoms with Crippen LogP contribution in [0.25, 0.3) is 0 Å². The average molecular weight is 365 g/mol. The number of hydrogen-bond acceptors (Lipinski definition) is 4. The van der Waals surface area contributed by atoms with Gasteiger partial charge in [-0.3, -0.25) is 4.98 Å². The molecule has 0 saturated heterocycles. The number of methoxy groups -OCH3 is 1. The average Bonchev–Trinajstić information content (AvgIpc) is 2.64. The first kappa shape index (κ1) is 18.0. The number of fused-ring (bicyclic) bond motifs is 1. The number of benzene rings is 1. The maximum atomic E-state index is 12.8. The van der Waals surface area contributed by atoms with Crippen molar-refractivity contribution in [3.8, 4) is 0 Å². The number of halogens is 3. The Morgan fingerprint density at radius 2 is 2.04 bits per heavy atom. The van der Waals surface area contributed by atoms with Gasteiger partial charge in [-0.1, -0.05) is 0 Å². The molecule has 1 amide bonds. The number of hydrogen-bond donors (Lipinski definition) is 1. The molecule has 2 heterocycles. The molecule has 0 saturated carbocycles. The quantitative estimate of drug-likeness (QED) is 0.900. The Morgan fingerprint density at radius 3 is 2.69 bits per heavy atom. The number of ether oxygens (including phenoxy) is 1. The fourth-order valence-corrected chi connectivity index (χ4v) is 3.04. The Kier molecular flexibility index (Phi) is 5.01. The normalized spacial score (nSPS) is 16.8. The Balaban J connectivity index is 1.85. The lowest BCUT2D eigenvalue weighted by atomic mass is 9.95. The van der Waals surface area contributed by atoms with Crippen molar-refractivity contribution in [3.63, 3.8) is 0 Å². The van der Waals surface area contributed by atoms with Crippen LogP contribution in [0.1, 0.15) is 11.3 Å². The number of anilines is 2. The highest BCUT2D eigenvalue weighted by Gasteiger charge is 2.31. The molecule has 1 aliphatic rings. The van der Waals surface area contributed by atoms with E-state index in [1.807, 2.05) is 11.0 Å². The molecule has 0 aliphatic carbocycles. The number of nitrogens with zero attached hydrogens (tertiary/aromatic N) is 2. The molecule has 0 bridgehead atoms. The Bertz CT molecular complexity index is 778. The molecule has 0 fully saturated rings. The van der Waals surface area contributed by atoms with Crippen molar-refractivity contribution in [2.24, 2.45) is 5.92 Å². The van der Waals surface area contributed by atoms with Crippen LogP contribution in [0.15, 0.2) is 42.6 Å². The number of nitrogens with one attached hydrogen (secondary N) is 1. The van der Waals surface area contributed by atoms with E-state index in [0.717, 1.165) is 23.5 Å². The van der Waals surface area contributed by atoms with Crippen LogP contribution in [0.5, 0.6) is 0 Å². The minimum atomic E-state index is -4.37. The summed E-state index contributed by atoms with van der Waals surface area (Å²) in [4.78, 5) is 17.6. The molecule has 1 atom stereocenters. The van der Waals surface area contributed by atoms with E-state index in [-0.39, 0.29) is 5.92 Å². The van der Waals surface area contributed by atoms with Gasteiger partial charge in [0.2, 0.25) is 0 Å². The second-order valence-corrected chi connectivity index (χ2v) is 6.07. The van der Waals surface area contributed by atoms with Crippen LogP contribution >= 0.6 is 0 Å². The predicted molar refractivity (Wildman–Crippen MR) is 90.3 cm³/mol. The topological polar surface area (TPSA) is 54.5 Å². The van der Waals surface area contributed by atoms with E-state index in [2.05, 4.69) is 15.0 Å². The van der Waals surface area contributed by atoms with E-state index >= 15 is 0 Å². The second kappa shape index (κ2) is 7.23. The first-order valence-corrected chi connectivity index (χ1v) is 8.09. The number of amides is 1. The molecule has 5 nitrogen and oxygen atoms in total. The van der Waals surface area contributed by atoms with Gasteiger partial charge in [-0.25, -0.2) is 4.79 Å². The first-order chi connectivity index (χ1) is 12.4. The maximum absolute atomic E-state index is 12.8. The van der Waals surface area contributed by atoms with Crippen LogP contribution in [0.2, 0.25) is 0 Å². The molecule has 0 spiro atoms. The van der Waals surface area contributed by atoms with Crippen LogP contribution in [-0.4, -0.2) is 31.3 Å². The Labute approximate surface area is 148 Å². The summed E-state index contributed by atoms with van der Waals surface area (Å²) < 4.78 is 43.0. The fourth-order valence-electron chi connectivity index (χ4n) is 3.04. The van der Waals surface area contributed by atoms with Crippen LogP contribution < -0.4 is 10.2 Å². The predicted octanol–water partition coefficient (Wildman–Crippen LogP) is 3.77.